The summed E-state index contributed by atoms with van der Waals surface area (Å²) in [6.07, 6.45) is 3.49. The molecule has 5 nitrogen and oxygen atoms in total. The molecule has 0 heterocycles. The van der Waals surface area contributed by atoms with Crippen LogP contribution in [0.4, 0.5) is 11.4 Å². The van der Waals surface area contributed by atoms with E-state index >= 15 is 0 Å². The van der Waals surface area contributed by atoms with E-state index in [9.17, 15) is 0 Å². The third-order valence-corrected chi connectivity index (χ3v) is 3.77. The summed E-state index contributed by atoms with van der Waals surface area (Å²) in [4.78, 5) is 0. The predicted octanol–water partition coefficient (Wildman–Crippen LogP) is 4.42. The monoisotopic (exact) mass is 398 g/mol. The lowest BCUT2D eigenvalue weighted by Gasteiger charge is -2.11. The average molecular weight is 399 g/mol. The Morgan fingerprint density at radius 1 is 0.741 bits per heavy atom. The van der Waals surface area contributed by atoms with Gasteiger partial charge in [-0.05, 0) is 73.0 Å². The van der Waals surface area contributed by atoms with Crippen LogP contribution in [-0.2, 0) is 0 Å². The van der Waals surface area contributed by atoms with Gasteiger partial charge in [-0.1, -0.05) is 12.2 Å². The minimum absolute atomic E-state index is 0.548. The molecule has 27 heavy (non-hydrogen) atoms. The molecule has 2 rings (SSSR count). The molecule has 2 aromatic rings. The molecule has 0 aliphatic heterocycles. The molecular weight excluding hydrogens is 376 g/mol. The van der Waals surface area contributed by atoms with Crippen LogP contribution in [0.1, 0.15) is 0 Å². The molecule has 0 aromatic heterocycles. The van der Waals surface area contributed by atoms with E-state index in [1.165, 1.54) is 0 Å². The zero-order chi connectivity index (χ0) is 19.5. The first-order valence-electron chi connectivity index (χ1n) is 8.30. The van der Waals surface area contributed by atoms with Gasteiger partial charge in [0, 0.05) is 24.5 Å². The van der Waals surface area contributed by atoms with Gasteiger partial charge in [-0.25, -0.2) is 0 Å². The third kappa shape index (κ3) is 7.47. The highest BCUT2D eigenvalue weighted by Crippen LogP contribution is 2.24. The largest absolute Gasteiger partial charge is 0.457 e. The summed E-state index contributed by atoms with van der Waals surface area (Å²) in [5, 5.41) is 13.3. The van der Waals surface area contributed by atoms with Crippen LogP contribution in [0.3, 0.4) is 0 Å². The normalized spacial score (nSPS) is 9.63. The zero-order valence-corrected chi connectivity index (χ0v) is 16.5. The summed E-state index contributed by atoms with van der Waals surface area (Å²) in [6.45, 7) is 8.51. The fourth-order valence-corrected chi connectivity index (χ4v) is 2.43. The Balaban J connectivity index is 1.87. The van der Waals surface area contributed by atoms with Crippen molar-refractivity contribution >= 4 is 46.0 Å². The van der Waals surface area contributed by atoms with E-state index in [0.717, 1.165) is 22.9 Å². The van der Waals surface area contributed by atoms with Crippen LogP contribution in [0.5, 0.6) is 11.5 Å². The van der Waals surface area contributed by atoms with E-state index in [1.54, 1.807) is 12.2 Å². The lowest BCUT2D eigenvalue weighted by Crippen LogP contribution is -2.28. The molecule has 7 heteroatoms. The van der Waals surface area contributed by atoms with Crippen molar-refractivity contribution in [1.82, 2.24) is 10.6 Å². The van der Waals surface area contributed by atoms with Crippen molar-refractivity contribution in [2.45, 2.75) is 0 Å². The minimum Gasteiger partial charge on any atom is -0.457 e. The van der Waals surface area contributed by atoms with Gasteiger partial charge in [0.15, 0.2) is 10.2 Å². The van der Waals surface area contributed by atoms with Crippen molar-refractivity contribution in [3.05, 3.63) is 73.8 Å². The average Bonchev–Trinajstić information content (AvgIpc) is 2.68. The maximum atomic E-state index is 5.85. The van der Waals surface area contributed by atoms with Gasteiger partial charge >= 0.3 is 0 Å². The van der Waals surface area contributed by atoms with Crippen molar-refractivity contribution in [2.75, 3.05) is 23.7 Å². The highest BCUT2D eigenvalue weighted by molar-refractivity contribution is 7.80. The summed E-state index contributed by atoms with van der Waals surface area (Å²) in [5.41, 5.74) is 1.76. The summed E-state index contributed by atoms with van der Waals surface area (Å²) < 4.78 is 5.85. The third-order valence-electron chi connectivity index (χ3n) is 3.27. The molecule has 0 bridgehead atoms. The van der Waals surface area contributed by atoms with Gasteiger partial charge in [0.2, 0.25) is 0 Å². The zero-order valence-electron chi connectivity index (χ0n) is 14.8. The molecule has 0 fully saturated rings. The number of hydrogen-bond acceptors (Lipinski definition) is 3. The van der Waals surface area contributed by atoms with Crippen LogP contribution >= 0.6 is 24.4 Å². The SMILES string of the molecule is C=CCNC(=S)Nc1ccc(Oc2ccc(NC(=S)NCC=C)cc2)cc1. The second kappa shape index (κ2) is 10.9. The number of nitrogens with one attached hydrogen (secondary N) is 4. The van der Waals surface area contributed by atoms with Gasteiger partial charge < -0.3 is 26.0 Å². The second-order valence-electron chi connectivity index (χ2n) is 5.40. The molecule has 0 amide bonds. The Morgan fingerprint density at radius 2 is 1.11 bits per heavy atom. The Morgan fingerprint density at radius 3 is 1.44 bits per heavy atom. The summed E-state index contributed by atoms with van der Waals surface area (Å²) in [6, 6.07) is 15.1. The molecule has 0 spiro atoms. The predicted molar refractivity (Wildman–Crippen MR) is 122 cm³/mol. The maximum absolute atomic E-state index is 5.85. The van der Waals surface area contributed by atoms with Crippen LogP contribution in [0.15, 0.2) is 73.8 Å². The Hall–Kier alpha value is -2.90. The Bertz CT molecular complexity index is 721. The molecule has 2 aromatic carbocycles. The van der Waals surface area contributed by atoms with Gasteiger partial charge in [-0.15, -0.1) is 13.2 Å². The lowest BCUT2D eigenvalue weighted by molar-refractivity contribution is 0.483. The standard InChI is InChI=1S/C20H22N4OS2/c1-3-13-21-19(26)23-15-5-9-17(10-6-15)25-18-11-7-16(8-12-18)24-20(27)22-14-4-2/h3-12H,1-2,13-14H2,(H2,21,23,26)(H2,22,24,27). The van der Waals surface area contributed by atoms with Crippen LogP contribution in [0.2, 0.25) is 0 Å². The van der Waals surface area contributed by atoms with Crippen molar-refractivity contribution in [3.63, 3.8) is 0 Å². The highest BCUT2D eigenvalue weighted by atomic mass is 32.1. The molecule has 0 aliphatic carbocycles. The molecule has 0 aliphatic rings. The van der Waals surface area contributed by atoms with Crippen molar-refractivity contribution in [1.29, 1.82) is 0 Å². The lowest BCUT2D eigenvalue weighted by atomic mass is 10.3. The summed E-state index contributed by atoms with van der Waals surface area (Å²) in [5.74, 6) is 1.46. The number of ether oxygens (including phenoxy) is 1. The van der Waals surface area contributed by atoms with Crippen molar-refractivity contribution in [2.24, 2.45) is 0 Å². The first kappa shape index (κ1) is 20.4. The number of benzene rings is 2. The quantitative estimate of drug-likeness (QED) is 0.388. The van der Waals surface area contributed by atoms with Gasteiger partial charge in [0.25, 0.3) is 0 Å². The number of rotatable bonds is 8. The van der Waals surface area contributed by atoms with E-state index in [4.69, 9.17) is 29.2 Å². The molecule has 0 saturated carbocycles. The van der Waals surface area contributed by atoms with E-state index in [1.807, 2.05) is 48.5 Å². The van der Waals surface area contributed by atoms with Crippen LogP contribution in [0, 0.1) is 0 Å². The molecule has 0 atom stereocenters. The van der Waals surface area contributed by atoms with Gasteiger partial charge in [-0.2, -0.15) is 0 Å². The highest BCUT2D eigenvalue weighted by Gasteiger charge is 2.01. The van der Waals surface area contributed by atoms with E-state index in [2.05, 4.69) is 34.4 Å². The number of anilines is 2. The molecule has 4 N–H and O–H groups in total. The Labute approximate surface area is 170 Å². The van der Waals surface area contributed by atoms with E-state index in [0.29, 0.717) is 23.3 Å². The number of hydrogen-bond donors (Lipinski definition) is 4. The van der Waals surface area contributed by atoms with Crippen molar-refractivity contribution < 1.29 is 4.74 Å². The molecular formula is C20H22N4OS2. The smallest absolute Gasteiger partial charge is 0.171 e. The van der Waals surface area contributed by atoms with Gasteiger partial charge in [-0.3, -0.25) is 0 Å². The van der Waals surface area contributed by atoms with Crippen LogP contribution < -0.4 is 26.0 Å². The number of thiocarbonyl (C=S) groups is 2. The summed E-state index contributed by atoms with van der Waals surface area (Å²) >= 11 is 10.4. The molecule has 0 radical (unpaired) electrons. The van der Waals surface area contributed by atoms with E-state index < -0.39 is 0 Å². The fraction of sp³-hybridized carbons (Fsp3) is 0.100. The first-order valence-corrected chi connectivity index (χ1v) is 9.12. The minimum atomic E-state index is 0.548. The topological polar surface area (TPSA) is 57.4 Å². The van der Waals surface area contributed by atoms with Crippen LogP contribution in [-0.4, -0.2) is 23.3 Å². The molecule has 0 saturated heterocycles. The van der Waals surface area contributed by atoms with Gasteiger partial charge in [0.1, 0.15) is 11.5 Å². The van der Waals surface area contributed by atoms with Crippen LogP contribution in [0.25, 0.3) is 0 Å². The van der Waals surface area contributed by atoms with E-state index in [-0.39, 0.29) is 0 Å². The molecule has 140 valence electrons. The summed E-state index contributed by atoms with van der Waals surface area (Å²) in [7, 11) is 0. The second-order valence-corrected chi connectivity index (χ2v) is 6.21. The molecule has 0 unspecified atom stereocenters. The first-order chi connectivity index (χ1) is 13.1. The maximum Gasteiger partial charge on any atom is 0.171 e. The van der Waals surface area contributed by atoms with Gasteiger partial charge in [0.05, 0.1) is 0 Å². The fourth-order valence-electron chi connectivity index (χ4n) is 2.03. The Kier molecular flexibility index (Phi) is 8.28. The van der Waals surface area contributed by atoms with Crippen molar-refractivity contribution in [3.8, 4) is 11.5 Å².